The molecule has 27 heavy (non-hydrogen) atoms. The number of piperazine rings is 1. The lowest BCUT2D eigenvalue weighted by atomic mass is 10.0. The van der Waals surface area contributed by atoms with Gasteiger partial charge in [0.1, 0.15) is 5.69 Å². The predicted molar refractivity (Wildman–Crippen MR) is 102 cm³/mol. The van der Waals surface area contributed by atoms with Gasteiger partial charge in [-0.25, -0.2) is 0 Å². The van der Waals surface area contributed by atoms with Gasteiger partial charge < -0.3 is 15.1 Å². The lowest BCUT2D eigenvalue weighted by Gasteiger charge is -2.41. The van der Waals surface area contributed by atoms with Crippen molar-refractivity contribution < 1.29 is 9.59 Å². The van der Waals surface area contributed by atoms with Crippen molar-refractivity contribution in [1.82, 2.24) is 25.3 Å². The van der Waals surface area contributed by atoms with Crippen molar-refractivity contribution in [1.29, 1.82) is 0 Å². The molecular weight excluding hydrogens is 342 g/mol. The summed E-state index contributed by atoms with van der Waals surface area (Å²) in [6.07, 6.45) is 1.86. The van der Waals surface area contributed by atoms with Gasteiger partial charge in [-0.15, -0.1) is 0 Å². The van der Waals surface area contributed by atoms with Crippen LogP contribution in [0.3, 0.4) is 0 Å². The zero-order valence-corrected chi connectivity index (χ0v) is 15.6. The first-order valence-corrected chi connectivity index (χ1v) is 9.54. The van der Waals surface area contributed by atoms with E-state index in [0.717, 1.165) is 30.6 Å². The molecular formula is C20H25N5O2. The maximum absolute atomic E-state index is 12.9. The van der Waals surface area contributed by atoms with Crippen LogP contribution in [0.25, 0.3) is 11.3 Å². The summed E-state index contributed by atoms with van der Waals surface area (Å²) >= 11 is 0. The lowest BCUT2D eigenvalue weighted by molar-refractivity contribution is -0.135. The number of amides is 2. The Hall–Kier alpha value is -2.67. The largest absolute Gasteiger partial charge is 0.336 e. The van der Waals surface area contributed by atoms with E-state index in [-0.39, 0.29) is 17.9 Å². The third kappa shape index (κ3) is 3.73. The van der Waals surface area contributed by atoms with Crippen LogP contribution in [-0.2, 0) is 4.79 Å². The average Bonchev–Trinajstić information content (AvgIpc) is 3.18. The minimum Gasteiger partial charge on any atom is -0.336 e. The molecule has 2 saturated heterocycles. The highest BCUT2D eigenvalue weighted by atomic mass is 16.2. The second kappa shape index (κ2) is 7.52. The fourth-order valence-corrected chi connectivity index (χ4v) is 3.87. The molecule has 0 spiro atoms. The van der Waals surface area contributed by atoms with Crippen molar-refractivity contribution in [3.8, 4) is 11.3 Å². The maximum atomic E-state index is 12.9. The van der Waals surface area contributed by atoms with Gasteiger partial charge in [0.15, 0.2) is 0 Å². The van der Waals surface area contributed by atoms with E-state index in [4.69, 9.17) is 0 Å². The number of hydrogen-bond donors (Lipinski definition) is 2. The van der Waals surface area contributed by atoms with Gasteiger partial charge in [0, 0.05) is 37.8 Å². The van der Waals surface area contributed by atoms with Gasteiger partial charge in [-0.1, -0.05) is 29.8 Å². The highest BCUT2D eigenvalue weighted by molar-refractivity contribution is 5.93. The summed E-state index contributed by atoms with van der Waals surface area (Å²) in [5.41, 5.74) is 3.44. The molecule has 7 heteroatoms. The summed E-state index contributed by atoms with van der Waals surface area (Å²) < 4.78 is 0. The van der Waals surface area contributed by atoms with Gasteiger partial charge in [-0.2, -0.15) is 5.10 Å². The predicted octanol–water partition coefficient (Wildman–Crippen LogP) is 1.42. The zero-order valence-electron chi connectivity index (χ0n) is 15.6. The van der Waals surface area contributed by atoms with Crippen LogP contribution in [-0.4, -0.2) is 70.6 Å². The van der Waals surface area contributed by atoms with E-state index in [2.05, 4.69) is 15.5 Å². The number of aromatic amines is 1. The fourth-order valence-electron chi connectivity index (χ4n) is 3.87. The number of nitrogens with zero attached hydrogens (tertiary/aromatic N) is 3. The Kier molecular flexibility index (Phi) is 4.94. The summed E-state index contributed by atoms with van der Waals surface area (Å²) in [5, 5.41) is 10.3. The first-order valence-electron chi connectivity index (χ1n) is 9.54. The van der Waals surface area contributed by atoms with Gasteiger partial charge in [0.2, 0.25) is 5.91 Å². The second-order valence-corrected chi connectivity index (χ2v) is 7.34. The van der Waals surface area contributed by atoms with Gasteiger partial charge in [-0.05, 0) is 25.8 Å². The summed E-state index contributed by atoms with van der Waals surface area (Å²) in [4.78, 5) is 28.9. The number of likely N-dealkylation sites (tertiary alicyclic amines) is 1. The van der Waals surface area contributed by atoms with Crippen LogP contribution in [0.5, 0.6) is 0 Å². The molecule has 142 valence electrons. The van der Waals surface area contributed by atoms with E-state index < -0.39 is 0 Å². The Morgan fingerprint density at radius 2 is 2.04 bits per heavy atom. The molecule has 4 rings (SSSR count). The van der Waals surface area contributed by atoms with Crippen LogP contribution in [0, 0.1) is 6.92 Å². The standard InChI is InChI=1S/C20H25N5O2/c1-14-4-6-15(7-5-14)17-11-18(23-22-17)20(27)24-9-2-3-16(13-24)25-10-8-21-12-19(25)26/h4-7,11,16,21H,2-3,8-10,12-13H2,1H3,(H,22,23). The number of benzene rings is 1. The highest BCUT2D eigenvalue weighted by Gasteiger charge is 2.32. The molecule has 2 aliphatic rings. The van der Waals surface area contributed by atoms with Crippen LogP contribution in [0.2, 0.25) is 0 Å². The molecule has 2 amide bonds. The minimum absolute atomic E-state index is 0.0480. The number of carbonyl (C=O) groups is 2. The average molecular weight is 367 g/mol. The van der Waals surface area contributed by atoms with Gasteiger partial charge in [-0.3, -0.25) is 14.7 Å². The summed E-state index contributed by atoms with van der Waals surface area (Å²) in [6, 6.07) is 10.00. The summed E-state index contributed by atoms with van der Waals surface area (Å²) in [5.74, 6) is 0.0805. The number of H-pyrrole nitrogens is 1. The molecule has 2 fully saturated rings. The molecule has 0 bridgehead atoms. The molecule has 2 aliphatic heterocycles. The van der Waals surface area contributed by atoms with Crippen molar-refractivity contribution in [2.45, 2.75) is 25.8 Å². The van der Waals surface area contributed by atoms with Gasteiger partial charge >= 0.3 is 0 Å². The number of carbonyl (C=O) groups excluding carboxylic acids is 2. The molecule has 7 nitrogen and oxygen atoms in total. The topological polar surface area (TPSA) is 81.3 Å². The van der Waals surface area contributed by atoms with Crippen LogP contribution in [0.4, 0.5) is 0 Å². The Balaban J connectivity index is 1.46. The van der Waals surface area contributed by atoms with Crippen LogP contribution >= 0.6 is 0 Å². The number of nitrogens with one attached hydrogen (secondary N) is 2. The molecule has 0 radical (unpaired) electrons. The molecule has 0 aliphatic carbocycles. The number of rotatable bonds is 3. The van der Waals surface area contributed by atoms with E-state index in [1.54, 1.807) is 0 Å². The molecule has 2 N–H and O–H groups in total. The van der Waals surface area contributed by atoms with Crippen LogP contribution in [0.15, 0.2) is 30.3 Å². The molecule has 1 aromatic heterocycles. The fraction of sp³-hybridized carbons (Fsp3) is 0.450. The van der Waals surface area contributed by atoms with E-state index in [0.29, 0.717) is 31.9 Å². The Morgan fingerprint density at radius 3 is 2.81 bits per heavy atom. The van der Waals surface area contributed by atoms with Crippen molar-refractivity contribution in [2.24, 2.45) is 0 Å². The third-order valence-corrected chi connectivity index (χ3v) is 5.41. The quantitative estimate of drug-likeness (QED) is 0.860. The molecule has 0 saturated carbocycles. The smallest absolute Gasteiger partial charge is 0.271 e. The van der Waals surface area contributed by atoms with E-state index in [9.17, 15) is 9.59 Å². The summed E-state index contributed by atoms with van der Waals surface area (Å²) in [7, 11) is 0. The highest BCUT2D eigenvalue weighted by Crippen LogP contribution is 2.21. The number of hydrogen-bond acceptors (Lipinski definition) is 4. The normalized spacial score (nSPS) is 20.8. The SMILES string of the molecule is Cc1ccc(-c2cc(C(=O)N3CCCC(N4CCNCC4=O)C3)[nH]n2)cc1. The van der Waals surface area contributed by atoms with Crippen LogP contribution < -0.4 is 5.32 Å². The van der Waals surface area contributed by atoms with Gasteiger partial charge in [0.05, 0.1) is 12.2 Å². The third-order valence-electron chi connectivity index (χ3n) is 5.41. The van der Waals surface area contributed by atoms with Crippen molar-refractivity contribution >= 4 is 11.8 Å². The maximum Gasteiger partial charge on any atom is 0.271 e. The Labute approximate surface area is 158 Å². The minimum atomic E-state index is -0.0480. The lowest BCUT2D eigenvalue weighted by Crippen LogP contribution is -2.57. The Bertz CT molecular complexity index is 829. The summed E-state index contributed by atoms with van der Waals surface area (Å²) in [6.45, 7) is 5.27. The molecule has 3 heterocycles. The van der Waals surface area contributed by atoms with Gasteiger partial charge in [0.25, 0.3) is 5.91 Å². The second-order valence-electron chi connectivity index (χ2n) is 7.34. The van der Waals surface area contributed by atoms with Crippen molar-refractivity contribution in [3.63, 3.8) is 0 Å². The molecule has 1 aromatic carbocycles. The zero-order chi connectivity index (χ0) is 18.8. The molecule has 1 atom stereocenters. The number of aromatic nitrogens is 2. The van der Waals surface area contributed by atoms with E-state index >= 15 is 0 Å². The monoisotopic (exact) mass is 367 g/mol. The number of aryl methyl sites for hydroxylation is 1. The molecule has 1 unspecified atom stereocenters. The first kappa shape index (κ1) is 17.7. The first-order chi connectivity index (χ1) is 13.1. The molecule has 2 aromatic rings. The van der Waals surface area contributed by atoms with E-state index in [1.165, 1.54) is 5.56 Å². The Morgan fingerprint density at radius 1 is 1.22 bits per heavy atom. The van der Waals surface area contributed by atoms with Crippen LogP contribution in [0.1, 0.15) is 28.9 Å². The van der Waals surface area contributed by atoms with E-state index in [1.807, 2.05) is 47.1 Å². The number of piperidine rings is 1. The van der Waals surface area contributed by atoms with Crippen molar-refractivity contribution in [3.05, 3.63) is 41.6 Å². The van der Waals surface area contributed by atoms with Crippen molar-refractivity contribution in [2.75, 3.05) is 32.7 Å².